The summed E-state index contributed by atoms with van der Waals surface area (Å²) in [5.41, 5.74) is 2.40. The highest BCUT2D eigenvalue weighted by atomic mass is 16.5. The number of ketones is 1. The number of anilines is 1. The van der Waals surface area contributed by atoms with E-state index in [9.17, 15) is 4.79 Å². The Labute approximate surface area is 263 Å². The first kappa shape index (κ1) is 34.2. The van der Waals surface area contributed by atoms with Crippen LogP contribution in [0.4, 0.5) is 5.82 Å². The lowest BCUT2D eigenvalue weighted by atomic mass is 9.84. The number of carbonyl (C=O) groups excluding carboxylic acids is 1. The molecule has 0 saturated carbocycles. The van der Waals surface area contributed by atoms with Gasteiger partial charge in [0.1, 0.15) is 11.4 Å². The number of hydrogen-bond acceptors (Lipinski definition) is 7. The number of imidazole rings is 1. The first-order valence-electron chi connectivity index (χ1n) is 15.0. The summed E-state index contributed by atoms with van der Waals surface area (Å²) < 4.78 is 14.0. The van der Waals surface area contributed by atoms with Crippen molar-refractivity contribution in [2.24, 2.45) is 5.92 Å². The summed E-state index contributed by atoms with van der Waals surface area (Å²) in [7, 11) is 0. The van der Waals surface area contributed by atoms with Crippen LogP contribution < -0.4 is 16.0 Å². The van der Waals surface area contributed by atoms with E-state index in [2.05, 4.69) is 59.7 Å². The van der Waals surface area contributed by atoms with Crippen LogP contribution in [0.5, 0.6) is 0 Å². The quantitative estimate of drug-likeness (QED) is 0.134. The largest absolute Gasteiger partial charge is 0.474 e. The number of rotatable bonds is 18. The van der Waals surface area contributed by atoms with E-state index in [4.69, 9.17) is 9.47 Å². The highest BCUT2D eigenvalue weighted by Gasteiger charge is 2.35. The highest BCUT2D eigenvalue weighted by Crippen LogP contribution is 2.27. The van der Waals surface area contributed by atoms with Crippen molar-refractivity contribution in [2.75, 3.05) is 11.9 Å². The van der Waals surface area contributed by atoms with E-state index in [0.29, 0.717) is 43.6 Å². The molecular formula is C36H49N5O3. The summed E-state index contributed by atoms with van der Waals surface area (Å²) in [6.45, 7) is 25.2. The SMILES string of the molecule is C=C(Cn1cnc(NC(=C)C(COCc2ccccc2)CC(C)(NC(=C)OC(C)(C)C)C(C)=O)c1)NC(C)c1ccccc1. The second-order valence-corrected chi connectivity index (χ2v) is 12.5. The Kier molecular flexibility index (Phi) is 12.0. The summed E-state index contributed by atoms with van der Waals surface area (Å²) in [6, 6.07) is 20.4. The van der Waals surface area contributed by atoms with Crippen LogP contribution >= 0.6 is 0 Å². The number of Topliss-reactive ketones (excluding diaryl/α,β-unsaturated/α-hetero) is 1. The first-order valence-corrected chi connectivity index (χ1v) is 15.0. The molecule has 0 amide bonds. The smallest absolute Gasteiger partial charge is 0.180 e. The lowest BCUT2D eigenvalue weighted by molar-refractivity contribution is -0.124. The Balaban J connectivity index is 1.69. The van der Waals surface area contributed by atoms with Gasteiger partial charge in [-0.25, -0.2) is 4.98 Å². The van der Waals surface area contributed by atoms with Crippen molar-refractivity contribution in [1.29, 1.82) is 0 Å². The maximum absolute atomic E-state index is 13.0. The molecule has 0 bridgehead atoms. The van der Waals surface area contributed by atoms with Crippen LogP contribution in [0, 0.1) is 5.92 Å². The van der Waals surface area contributed by atoms with Gasteiger partial charge in [-0.2, -0.15) is 0 Å². The van der Waals surface area contributed by atoms with E-state index >= 15 is 0 Å². The predicted octanol–water partition coefficient (Wildman–Crippen LogP) is 7.12. The molecule has 0 spiro atoms. The average molecular weight is 600 g/mol. The molecule has 8 heteroatoms. The zero-order valence-electron chi connectivity index (χ0n) is 27.2. The molecule has 3 atom stereocenters. The minimum absolute atomic E-state index is 0.0444. The maximum Gasteiger partial charge on any atom is 0.180 e. The fourth-order valence-electron chi connectivity index (χ4n) is 4.83. The average Bonchev–Trinajstić information content (AvgIpc) is 3.38. The third-order valence-electron chi connectivity index (χ3n) is 7.22. The van der Waals surface area contributed by atoms with Crippen LogP contribution in [0.3, 0.4) is 0 Å². The van der Waals surface area contributed by atoms with Gasteiger partial charge in [-0.3, -0.25) is 4.79 Å². The summed E-state index contributed by atoms with van der Waals surface area (Å²) >= 11 is 0. The van der Waals surface area contributed by atoms with Crippen LogP contribution in [0.15, 0.2) is 110 Å². The molecule has 0 aliphatic rings. The Morgan fingerprint density at radius 2 is 1.64 bits per heavy atom. The van der Waals surface area contributed by atoms with Crippen LogP contribution in [-0.2, 0) is 27.4 Å². The summed E-state index contributed by atoms with van der Waals surface area (Å²) in [4.78, 5) is 17.5. The molecule has 236 valence electrons. The van der Waals surface area contributed by atoms with Gasteiger partial charge < -0.3 is 30.0 Å². The van der Waals surface area contributed by atoms with Crippen molar-refractivity contribution in [1.82, 2.24) is 20.2 Å². The number of allylic oxidation sites excluding steroid dienone is 1. The van der Waals surface area contributed by atoms with Crippen molar-refractivity contribution in [3.8, 4) is 0 Å². The standard InChI is InChI=1S/C36H49N5O3/c1-26(38-27(2)32-18-14-11-15-19-32)21-41-22-34(37-25-41)39-28(3)33(24-43-23-31-16-12-10-13-17-31)20-36(9,29(4)42)40-30(5)44-35(6,7)8/h10-19,22,25,27,33,38-40H,1,3,5,20-21,23-24H2,2,4,6-9H3. The van der Waals surface area contributed by atoms with E-state index in [0.717, 1.165) is 11.3 Å². The summed E-state index contributed by atoms with van der Waals surface area (Å²) in [5, 5.41) is 10.0. The topological polar surface area (TPSA) is 89.4 Å². The van der Waals surface area contributed by atoms with Gasteiger partial charge in [0, 0.05) is 29.6 Å². The Morgan fingerprint density at radius 1 is 1.00 bits per heavy atom. The Bertz CT molecular complexity index is 1390. The third-order valence-corrected chi connectivity index (χ3v) is 7.22. The third kappa shape index (κ3) is 11.1. The van der Waals surface area contributed by atoms with Gasteiger partial charge in [-0.15, -0.1) is 0 Å². The summed E-state index contributed by atoms with van der Waals surface area (Å²) in [6.07, 6.45) is 4.06. The summed E-state index contributed by atoms with van der Waals surface area (Å²) in [5.74, 6) is 0.699. The number of ether oxygens (including phenoxy) is 2. The van der Waals surface area contributed by atoms with Gasteiger partial charge in [0.15, 0.2) is 11.7 Å². The van der Waals surface area contributed by atoms with Crippen molar-refractivity contribution >= 4 is 11.6 Å². The molecule has 2 aromatic carbocycles. The van der Waals surface area contributed by atoms with Crippen molar-refractivity contribution < 1.29 is 14.3 Å². The molecule has 3 aromatic rings. The number of benzene rings is 2. The molecule has 3 rings (SSSR count). The molecule has 0 fully saturated rings. The Morgan fingerprint density at radius 3 is 2.25 bits per heavy atom. The Hall–Kier alpha value is -4.30. The second kappa shape index (κ2) is 15.4. The highest BCUT2D eigenvalue weighted by molar-refractivity contribution is 5.86. The molecule has 0 aliphatic carbocycles. The number of carbonyl (C=O) groups is 1. The van der Waals surface area contributed by atoms with Gasteiger partial charge >= 0.3 is 0 Å². The lowest BCUT2D eigenvalue weighted by Gasteiger charge is -2.35. The van der Waals surface area contributed by atoms with Crippen LogP contribution in [0.1, 0.15) is 65.1 Å². The van der Waals surface area contributed by atoms with Gasteiger partial charge in [0.25, 0.3) is 0 Å². The first-order chi connectivity index (χ1) is 20.7. The molecule has 0 aliphatic heterocycles. The molecule has 3 N–H and O–H groups in total. The van der Waals surface area contributed by atoms with Crippen molar-refractivity contribution in [2.45, 2.75) is 78.3 Å². The maximum atomic E-state index is 13.0. The van der Waals surface area contributed by atoms with Gasteiger partial charge in [0.2, 0.25) is 0 Å². The number of nitrogens with one attached hydrogen (secondary N) is 3. The van der Waals surface area contributed by atoms with Crippen LogP contribution in [-0.4, -0.2) is 33.1 Å². The van der Waals surface area contributed by atoms with Gasteiger partial charge in [-0.1, -0.05) is 73.8 Å². The van der Waals surface area contributed by atoms with Crippen molar-refractivity contribution in [3.05, 3.63) is 121 Å². The fourth-order valence-corrected chi connectivity index (χ4v) is 4.83. The molecular weight excluding hydrogens is 550 g/mol. The molecule has 1 aromatic heterocycles. The lowest BCUT2D eigenvalue weighted by Crippen LogP contribution is -2.51. The van der Waals surface area contributed by atoms with E-state index in [1.807, 2.05) is 87.0 Å². The molecule has 0 radical (unpaired) electrons. The number of hydrogen-bond donors (Lipinski definition) is 3. The molecule has 8 nitrogen and oxygen atoms in total. The fraction of sp³-hybridized carbons (Fsp3) is 0.389. The van der Waals surface area contributed by atoms with Crippen LogP contribution in [0.25, 0.3) is 0 Å². The zero-order valence-corrected chi connectivity index (χ0v) is 27.2. The van der Waals surface area contributed by atoms with Gasteiger partial charge in [-0.05, 0) is 65.7 Å². The van der Waals surface area contributed by atoms with E-state index in [-0.39, 0.29) is 17.7 Å². The van der Waals surface area contributed by atoms with Gasteiger partial charge in [0.05, 0.1) is 31.6 Å². The van der Waals surface area contributed by atoms with E-state index in [1.165, 1.54) is 5.56 Å². The number of nitrogens with zero attached hydrogens (tertiary/aromatic N) is 2. The van der Waals surface area contributed by atoms with Crippen LogP contribution in [0.2, 0.25) is 0 Å². The normalized spacial score (nSPS) is 14.0. The number of aromatic nitrogens is 2. The monoisotopic (exact) mass is 599 g/mol. The molecule has 3 unspecified atom stereocenters. The van der Waals surface area contributed by atoms with Crippen molar-refractivity contribution in [3.63, 3.8) is 0 Å². The minimum atomic E-state index is -0.966. The molecule has 44 heavy (non-hydrogen) atoms. The zero-order chi connectivity index (χ0) is 32.3. The minimum Gasteiger partial charge on any atom is -0.474 e. The molecule has 0 saturated heterocycles. The molecule has 1 heterocycles. The predicted molar refractivity (Wildman–Crippen MR) is 179 cm³/mol. The van der Waals surface area contributed by atoms with E-state index < -0.39 is 11.1 Å². The second-order valence-electron chi connectivity index (χ2n) is 12.5. The van der Waals surface area contributed by atoms with E-state index in [1.54, 1.807) is 13.3 Å².